The smallest absolute Gasteiger partial charge is 0.0798 e. The Morgan fingerprint density at radius 3 is 1.83 bits per heavy atom. The molecular formula is C55H47IrN3Si-2. The third-order valence-electron chi connectivity index (χ3n) is 11.1. The van der Waals surface area contributed by atoms with Crippen LogP contribution in [0.2, 0.25) is 19.6 Å². The number of pyridine rings is 1. The maximum absolute atomic E-state index is 5.12. The van der Waals surface area contributed by atoms with Crippen molar-refractivity contribution in [3.63, 3.8) is 0 Å². The van der Waals surface area contributed by atoms with Gasteiger partial charge in [-0.25, -0.2) is 0 Å². The summed E-state index contributed by atoms with van der Waals surface area (Å²) < 4.78 is 2.25. The fraction of sp³-hybridized carbons (Fsp3) is 0.127. The van der Waals surface area contributed by atoms with Gasteiger partial charge in [0.05, 0.1) is 24.9 Å². The third-order valence-corrected chi connectivity index (χ3v) is 13.2. The molecule has 2 heterocycles. The Balaban J connectivity index is 0.000000202. The van der Waals surface area contributed by atoms with E-state index in [0.29, 0.717) is 5.92 Å². The topological polar surface area (TPSA) is 30.7 Å². The number of imidazole rings is 1. The molecule has 10 rings (SSSR count). The van der Waals surface area contributed by atoms with Crippen LogP contribution in [0.3, 0.4) is 0 Å². The number of benzene rings is 8. The van der Waals surface area contributed by atoms with Crippen molar-refractivity contribution in [2.24, 2.45) is 5.92 Å². The number of aromatic nitrogens is 3. The van der Waals surface area contributed by atoms with Gasteiger partial charge in [-0.2, -0.15) is 0 Å². The van der Waals surface area contributed by atoms with Gasteiger partial charge in [-0.1, -0.05) is 164 Å². The Labute approximate surface area is 368 Å². The standard InChI is InChI=1S/C37H23N2.C18H24NSi.Ir/c1-2-10-25(11-3-1)26-18-21-28(22-19-26)39-36-17-9-8-16-35(36)38-37(39)27-20-23-33-31-14-5-4-12-29(31)30-13-6-7-15-32(30)34(33)24-27;1-14(2)11-16-12-17(15-9-7-6-8-10-15)19-13-18(16)20(3,4)5;/h1-19,21-24H;6-9,12-14H,11H2,1-5H3;/q2*-1;. The molecule has 0 aliphatic heterocycles. The van der Waals surface area contributed by atoms with Gasteiger partial charge >= 0.3 is 0 Å². The molecule has 0 unspecified atom stereocenters. The average molecular weight is 970 g/mol. The molecule has 10 aromatic rings. The van der Waals surface area contributed by atoms with E-state index < -0.39 is 8.07 Å². The zero-order valence-corrected chi connectivity index (χ0v) is 38.1. The molecule has 0 bridgehead atoms. The Bertz CT molecular complexity index is 3040. The number of hydrogen-bond donors (Lipinski definition) is 0. The normalized spacial score (nSPS) is 11.5. The van der Waals surface area contributed by atoms with Gasteiger partial charge in [-0.3, -0.25) is 4.98 Å². The Morgan fingerprint density at radius 2 is 1.18 bits per heavy atom. The van der Waals surface area contributed by atoms with E-state index in [9.17, 15) is 0 Å². The number of fused-ring (bicyclic) bond motifs is 7. The first-order chi connectivity index (χ1) is 28.7. The Kier molecular flexibility index (Phi) is 11.8. The minimum absolute atomic E-state index is 0. The van der Waals surface area contributed by atoms with Gasteiger partial charge in [0.25, 0.3) is 0 Å². The van der Waals surface area contributed by atoms with E-state index in [1.54, 1.807) is 0 Å². The molecule has 0 spiro atoms. The summed E-state index contributed by atoms with van der Waals surface area (Å²) in [6.45, 7) is 11.7. The quantitative estimate of drug-likeness (QED) is 0.0905. The molecule has 8 aromatic carbocycles. The summed E-state index contributed by atoms with van der Waals surface area (Å²) in [7, 11) is -1.34. The zero-order valence-electron chi connectivity index (χ0n) is 34.7. The summed E-state index contributed by atoms with van der Waals surface area (Å²) in [6, 6.07) is 66.5. The van der Waals surface area contributed by atoms with E-state index in [0.717, 1.165) is 45.8 Å². The van der Waals surface area contributed by atoms with Crippen molar-refractivity contribution in [2.75, 3.05) is 0 Å². The van der Waals surface area contributed by atoms with E-state index in [2.05, 4.69) is 201 Å². The Hall–Kier alpha value is -5.97. The molecular weight excluding hydrogens is 923 g/mol. The second-order valence-electron chi connectivity index (χ2n) is 16.8. The summed E-state index contributed by atoms with van der Waals surface area (Å²) in [6.07, 6.45) is 3.24. The van der Waals surface area contributed by atoms with Crippen LogP contribution in [0.1, 0.15) is 19.4 Å². The van der Waals surface area contributed by atoms with Crippen LogP contribution in [0.15, 0.2) is 176 Å². The zero-order chi connectivity index (χ0) is 40.5. The van der Waals surface area contributed by atoms with Crippen LogP contribution in [-0.2, 0) is 26.5 Å². The van der Waals surface area contributed by atoms with E-state index in [1.807, 2.05) is 30.3 Å². The van der Waals surface area contributed by atoms with Gasteiger partial charge < -0.3 is 9.55 Å². The van der Waals surface area contributed by atoms with Gasteiger partial charge in [0, 0.05) is 32.0 Å². The molecule has 0 atom stereocenters. The molecule has 60 heavy (non-hydrogen) atoms. The first kappa shape index (κ1) is 40.8. The molecule has 0 aliphatic rings. The van der Waals surface area contributed by atoms with E-state index >= 15 is 0 Å². The van der Waals surface area contributed by atoms with Gasteiger partial charge in [-0.15, -0.1) is 59.7 Å². The van der Waals surface area contributed by atoms with Crippen molar-refractivity contribution >= 4 is 56.6 Å². The second kappa shape index (κ2) is 17.3. The van der Waals surface area contributed by atoms with E-state index in [1.165, 1.54) is 54.2 Å². The average Bonchev–Trinajstić information content (AvgIpc) is 3.66. The molecule has 297 valence electrons. The molecule has 0 amide bonds. The SMILES string of the molecule is CC(C)Cc1cc(-c2[c-]cccc2)ncc1[Si](C)(C)C.[Ir].[c-]1cc2c3ccccc3c3ccccc3c2cc1-c1nc2ccccc2n1-c1ccc(-c2ccccc2)cc1. The predicted molar refractivity (Wildman–Crippen MR) is 253 cm³/mol. The monoisotopic (exact) mass is 970 g/mol. The summed E-state index contributed by atoms with van der Waals surface area (Å²) in [5, 5.41) is 8.95. The van der Waals surface area contributed by atoms with Gasteiger partial charge in [0.1, 0.15) is 0 Å². The number of para-hydroxylation sites is 2. The minimum Gasteiger partial charge on any atom is -0.333 e. The molecule has 0 N–H and O–H groups in total. The maximum Gasteiger partial charge on any atom is 0.0798 e. The third kappa shape index (κ3) is 8.14. The van der Waals surface area contributed by atoms with E-state index in [4.69, 9.17) is 4.98 Å². The second-order valence-corrected chi connectivity index (χ2v) is 21.8. The van der Waals surface area contributed by atoms with Crippen molar-refractivity contribution < 1.29 is 20.1 Å². The molecule has 3 nitrogen and oxygen atoms in total. The van der Waals surface area contributed by atoms with Crippen LogP contribution in [0.4, 0.5) is 0 Å². The van der Waals surface area contributed by atoms with Gasteiger partial charge in [0.2, 0.25) is 0 Å². The molecule has 2 aromatic heterocycles. The minimum atomic E-state index is -1.34. The molecule has 0 fully saturated rings. The molecule has 0 saturated heterocycles. The van der Waals surface area contributed by atoms with Crippen LogP contribution >= 0.6 is 0 Å². The fourth-order valence-corrected chi connectivity index (χ4v) is 9.94. The molecule has 5 heteroatoms. The number of hydrogen-bond acceptors (Lipinski definition) is 2. The fourth-order valence-electron chi connectivity index (χ4n) is 8.35. The Morgan fingerprint density at radius 1 is 0.583 bits per heavy atom. The van der Waals surface area contributed by atoms with Crippen molar-refractivity contribution in [3.05, 3.63) is 194 Å². The number of nitrogens with zero attached hydrogens (tertiary/aromatic N) is 3. The summed E-state index contributed by atoms with van der Waals surface area (Å²) in [5.41, 5.74) is 10.1. The first-order valence-corrected chi connectivity index (χ1v) is 24.1. The van der Waals surface area contributed by atoms with E-state index in [-0.39, 0.29) is 20.1 Å². The summed E-state index contributed by atoms with van der Waals surface area (Å²) in [4.78, 5) is 9.81. The van der Waals surface area contributed by atoms with Gasteiger partial charge in [-0.05, 0) is 74.8 Å². The van der Waals surface area contributed by atoms with Crippen molar-refractivity contribution in [2.45, 2.75) is 39.9 Å². The molecule has 0 aliphatic carbocycles. The molecule has 1 radical (unpaired) electrons. The number of rotatable bonds is 7. The predicted octanol–water partition coefficient (Wildman–Crippen LogP) is 13.9. The maximum atomic E-state index is 5.12. The van der Waals surface area contributed by atoms with Crippen LogP contribution in [-0.4, -0.2) is 22.6 Å². The summed E-state index contributed by atoms with van der Waals surface area (Å²) in [5.74, 6) is 1.56. The van der Waals surface area contributed by atoms with Crippen LogP contribution in [0, 0.1) is 18.1 Å². The first-order valence-electron chi connectivity index (χ1n) is 20.6. The van der Waals surface area contributed by atoms with Crippen LogP contribution in [0.5, 0.6) is 0 Å². The van der Waals surface area contributed by atoms with Crippen molar-refractivity contribution in [1.29, 1.82) is 0 Å². The van der Waals surface area contributed by atoms with Crippen molar-refractivity contribution in [3.8, 4) is 39.5 Å². The van der Waals surface area contributed by atoms with Gasteiger partial charge in [0.15, 0.2) is 0 Å². The van der Waals surface area contributed by atoms with Crippen LogP contribution in [0.25, 0.3) is 82.8 Å². The van der Waals surface area contributed by atoms with Crippen molar-refractivity contribution in [1.82, 2.24) is 14.5 Å². The molecule has 0 saturated carbocycles. The summed E-state index contributed by atoms with van der Waals surface area (Å²) >= 11 is 0. The largest absolute Gasteiger partial charge is 0.333 e. The van der Waals surface area contributed by atoms with Crippen LogP contribution < -0.4 is 5.19 Å².